The van der Waals surface area contributed by atoms with Crippen LogP contribution in [-0.2, 0) is 0 Å². The molecule has 0 unspecified atom stereocenters. The van der Waals surface area contributed by atoms with Crippen LogP contribution in [0, 0.1) is 5.92 Å². The Balaban J connectivity index is 2.29. The molecule has 2 N–H and O–H groups in total. The summed E-state index contributed by atoms with van der Waals surface area (Å²) in [5.41, 5.74) is 1.14. The van der Waals surface area contributed by atoms with Gasteiger partial charge in [0.25, 0.3) is 0 Å². The number of ether oxygens (including phenoxy) is 1. The van der Waals surface area contributed by atoms with Gasteiger partial charge in [0.15, 0.2) is 0 Å². The van der Waals surface area contributed by atoms with Gasteiger partial charge >= 0.3 is 0 Å². The Morgan fingerprint density at radius 3 is 2.41 bits per heavy atom. The summed E-state index contributed by atoms with van der Waals surface area (Å²) in [6, 6.07) is 8.14. The molecule has 1 rings (SSSR count). The molecule has 1 aromatic carbocycles. The largest absolute Gasteiger partial charge is 0.494 e. The van der Waals surface area contributed by atoms with E-state index in [1.807, 2.05) is 19.2 Å². The van der Waals surface area contributed by atoms with Gasteiger partial charge in [-0.3, -0.25) is 0 Å². The standard InChI is InChI=1S/C14H24N2O/c1-12(2)8-11-17-14-6-4-13(5-7-14)16-10-9-15-3/h4-7,12,15-16H,8-11H2,1-3H3. The van der Waals surface area contributed by atoms with Gasteiger partial charge in [0.1, 0.15) is 5.75 Å². The van der Waals surface area contributed by atoms with Crippen molar-refractivity contribution in [3.8, 4) is 5.75 Å². The monoisotopic (exact) mass is 236 g/mol. The van der Waals surface area contributed by atoms with Crippen molar-refractivity contribution in [3.05, 3.63) is 24.3 Å². The maximum Gasteiger partial charge on any atom is 0.119 e. The summed E-state index contributed by atoms with van der Waals surface area (Å²) < 4.78 is 5.66. The molecule has 0 aromatic heterocycles. The predicted molar refractivity (Wildman–Crippen MR) is 73.8 cm³/mol. The van der Waals surface area contributed by atoms with E-state index in [-0.39, 0.29) is 0 Å². The first-order chi connectivity index (χ1) is 8.22. The number of rotatable bonds is 8. The molecule has 0 amide bonds. The van der Waals surface area contributed by atoms with Crippen LogP contribution >= 0.6 is 0 Å². The second-order valence-corrected chi connectivity index (χ2v) is 4.59. The van der Waals surface area contributed by atoms with Crippen LogP contribution < -0.4 is 15.4 Å². The Morgan fingerprint density at radius 1 is 1.12 bits per heavy atom. The zero-order valence-corrected chi connectivity index (χ0v) is 11.1. The molecular formula is C14H24N2O. The molecule has 0 spiro atoms. The average molecular weight is 236 g/mol. The first-order valence-corrected chi connectivity index (χ1v) is 6.33. The van der Waals surface area contributed by atoms with Crippen molar-refractivity contribution in [1.82, 2.24) is 5.32 Å². The fourth-order valence-corrected chi connectivity index (χ4v) is 1.41. The number of benzene rings is 1. The molecule has 0 radical (unpaired) electrons. The van der Waals surface area contributed by atoms with E-state index in [0.29, 0.717) is 5.92 Å². The molecule has 0 fully saturated rings. The van der Waals surface area contributed by atoms with Crippen molar-refractivity contribution >= 4 is 5.69 Å². The Labute approximate surface area is 105 Å². The Hall–Kier alpha value is -1.22. The van der Waals surface area contributed by atoms with Gasteiger partial charge in [-0.1, -0.05) is 13.8 Å². The Kier molecular flexibility index (Phi) is 6.48. The van der Waals surface area contributed by atoms with Crippen LogP contribution in [0.2, 0.25) is 0 Å². The SMILES string of the molecule is CNCCNc1ccc(OCCC(C)C)cc1. The van der Waals surface area contributed by atoms with Gasteiger partial charge in [-0.05, 0) is 43.7 Å². The van der Waals surface area contributed by atoms with Crippen LogP contribution in [0.3, 0.4) is 0 Å². The molecule has 3 heteroatoms. The summed E-state index contributed by atoms with van der Waals surface area (Å²) in [5.74, 6) is 1.64. The maximum absolute atomic E-state index is 5.66. The molecule has 0 saturated carbocycles. The third-order valence-corrected chi connectivity index (χ3v) is 2.52. The molecule has 0 saturated heterocycles. The number of hydrogen-bond acceptors (Lipinski definition) is 3. The van der Waals surface area contributed by atoms with Crippen molar-refractivity contribution in [2.45, 2.75) is 20.3 Å². The lowest BCUT2D eigenvalue weighted by molar-refractivity contribution is 0.289. The molecular weight excluding hydrogens is 212 g/mol. The molecule has 1 aromatic rings. The van der Waals surface area contributed by atoms with E-state index in [1.165, 1.54) is 0 Å². The molecule has 0 heterocycles. The second kappa shape index (κ2) is 7.96. The summed E-state index contributed by atoms with van der Waals surface area (Å²) in [6.45, 7) is 7.11. The summed E-state index contributed by atoms with van der Waals surface area (Å²) in [6.07, 6.45) is 1.10. The van der Waals surface area contributed by atoms with Crippen molar-refractivity contribution in [2.75, 3.05) is 32.1 Å². The summed E-state index contributed by atoms with van der Waals surface area (Å²) in [4.78, 5) is 0. The minimum Gasteiger partial charge on any atom is -0.494 e. The summed E-state index contributed by atoms with van der Waals surface area (Å²) in [7, 11) is 1.95. The van der Waals surface area contributed by atoms with Gasteiger partial charge in [0.05, 0.1) is 6.61 Å². The Bertz CT molecular complexity index is 296. The highest BCUT2D eigenvalue weighted by atomic mass is 16.5. The van der Waals surface area contributed by atoms with Crippen LogP contribution in [0.4, 0.5) is 5.69 Å². The van der Waals surface area contributed by atoms with Crippen molar-refractivity contribution < 1.29 is 4.74 Å². The number of anilines is 1. The van der Waals surface area contributed by atoms with Crippen molar-refractivity contribution in [1.29, 1.82) is 0 Å². The molecule has 0 aliphatic carbocycles. The zero-order chi connectivity index (χ0) is 12.5. The lowest BCUT2D eigenvalue weighted by Crippen LogP contribution is -2.17. The highest BCUT2D eigenvalue weighted by molar-refractivity contribution is 5.46. The maximum atomic E-state index is 5.66. The molecule has 0 bridgehead atoms. The van der Waals surface area contributed by atoms with Crippen molar-refractivity contribution in [3.63, 3.8) is 0 Å². The summed E-state index contributed by atoms with van der Waals surface area (Å²) in [5, 5.41) is 6.43. The van der Waals surface area contributed by atoms with Crippen LogP contribution in [0.15, 0.2) is 24.3 Å². The van der Waals surface area contributed by atoms with Crippen LogP contribution in [-0.4, -0.2) is 26.7 Å². The summed E-state index contributed by atoms with van der Waals surface area (Å²) >= 11 is 0. The van der Waals surface area contributed by atoms with Gasteiger partial charge in [0.2, 0.25) is 0 Å². The fraction of sp³-hybridized carbons (Fsp3) is 0.571. The van der Waals surface area contributed by atoms with Gasteiger partial charge < -0.3 is 15.4 Å². The zero-order valence-electron chi connectivity index (χ0n) is 11.1. The first kappa shape index (κ1) is 13.8. The van der Waals surface area contributed by atoms with E-state index in [0.717, 1.165) is 37.6 Å². The van der Waals surface area contributed by atoms with Crippen LogP contribution in [0.1, 0.15) is 20.3 Å². The lowest BCUT2D eigenvalue weighted by Gasteiger charge is -2.09. The van der Waals surface area contributed by atoms with Crippen LogP contribution in [0.5, 0.6) is 5.75 Å². The highest BCUT2D eigenvalue weighted by Gasteiger charge is 1.97. The number of likely N-dealkylation sites (N-methyl/N-ethyl adjacent to an activating group) is 1. The lowest BCUT2D eigenvalue weighted by atomic mass is 10.1. The molecule has 3 nitrogen and oxygen atoms in total. The third kappa shape index (κ3) is 6.17. The number of nitrogens with one attached hydrogen (secondary N) is 2. The van der Waals surface area contributed by atoms with Gasteiger partial charge in [0, 0.05) is 18.8 Å². The fourth-order valence-electron chi connectivity index (χ4n) is 1.41. The number of hydrogen-bond donors (Lipinski definition) is 2. The molecule has 17 heavy (non-hydrogen) atoms. The third-order valence-electron chi connectivity index (χ3n) is 2.52. The minimum absolute atomic E-state index is 0.692. The topological polar surface area (TPSA) is 33.3 Å². The average Bonchev–Trinajstić information content (AvgIpc) is 2.31. The van der Waals surface area contributed by atoms with Gasteiger partial charge in [-0.2, -0.15) is 0 Å². The molecule has 0 aliphatic heterocycles. The smallest absolute Gasteiger partial charge is 0.119 e. The van der Waals surface area contributed by atoms with E-state index in [2.05, 4.69) is 36.6 Å². The van der Waals surface area contributed by atoms with E-state index in [1.54, 1.807) is 0 Å². The van der Waals surface area contributed by atoms with Crippen molar-refractivity contribution in [2.24, 2.45) is 5.92 Å². The van der Waals surface area contributed by atoms with E-state index in [4.69, 9.17) is 4.74 Å². The Morgan fingerprint density at radius 2 is 1.82 bits per heavy atom. The van der Waals surface area contributed by atoms with E-state index >= 15 is 0 Å². The van der Waals surface area contributed by atoms with E-state index in [9.17, 15) is 0 Å². The second-order valence-electron chi connectivity index (χ2n) is 4.59. The normalized spacial score (nSPS) is 10.6. The van der Waals surface area contributed by atoms with Crippen LogP contribution in [0.25, 0.3) is 0 Å². The van der Waals surface area contributed by atoms with E-state index < -0.39 is 0 Å². The molecule has 0 aliphatic rings. The van der Waals surface area contributed by atoms with Gasteiger partial charge in [-0.25, -0.2) is 0 Å². The minimum atomic E-state index is 0.692. The predicted octanol–water partition coefficient (Wildman–Crippen LogP) is 2.74. The quantitative estimate of drug-likeness (QED) is 0.681. The van der Waals surface area contributed by atoms with Gasteiger partial charge in [-0.15, -0.1) is 0 Å². The molecule has 0 atom stereocenters. The highest BCUT2D eigenvalue weighted by Crippen LogP contribution is 2.16. The molecule has 96 valence electrons. The first-order valence-electron chi connectivity index (χ1n) is 6.33.